The first kappa shape index (κ1) is 16.9. The van der Waals surface area contributed by atoms with Crippen molar-refractivity contribution in [3.63, 3.8) is 0 Å². The predicted octanol–water partition coefficient (Wildman–Crippen LogP) is 3.81. The number of aliphatic imine (C=N–C) groups is 1. The molecule has 4 nitrogen and oxygen atoms in total. The molecule has 0 radical (unpaired) electrons. The molecule has 1 aromatic carbocycles. The summed E-state index contributed by atoms with van der Waals surface area (Å²) in [6.45, 7) is 0. The first-order valence-corrected chi connectivity index (χ1v) is 10.4. The Hall–Kier alpha value is -1.53. The van der Waals surface area contributed by atoms with Gasteiger partial charge in [0.2, 0.25) is 0 Å². The van der Waals surface area contributed by atoms with Crippen LogP contribution in [0.1, 0.15) is 43.6 Å². The highest BCUT2D eigenvalue weighted by atomic mass is 35.5. The number of halogens is 2. The zero-order valence-corrected chi connectivity index (χ0v) is 15.0. The Balaban J connectivity index is 1.96. The number of carbonyl (C=O) groups is 1. The van der Waals surface area contributed by atoms with Crippen LogP contribution < -0.4 is 0 Å². The molecule has 0 spiro atoms. The summed E-state index contributed by atoms with van der Waals surface area (Å²) < 4.78 is 39.2. The third-order valence-electron chi connectivity index (χ3n) is 5.21. The quantitative estimate of drug-likeness (QED) is 0.743. The second-order valence-corrected chi connectivity index (χ2v) is 9.27. The van der Waals surface area contributed by atoms with Crippen LogP contribution in [0.25, 0.3) is 0 Å². The normalized spacial score (nSPS) is 28.2. The van der Waals surface area contributed by atoms with Crippen molar-refractivity contribution in [3.05, 3.63) is 45.2 Å². The van der Waals surface area contributed by atoms with Gasteiger partial charge >= 0.3 is 0 Å². The smallest absolute Gasteiger partial charge is 0.177 e. The van der Waals surface area contributed by atoms with Crippen molar-refractivity contribution in [3.8, 4) is 0 Å². The van der Waals surface area contributed by atoms with Gasteiger partial charge in [0.25, 0.3) is 0 Å². The van der Waals surface area contributed by atoms with Gasteiger partial charge in [0, 0.05) is 18.1 Å². The fourth-order valence-electron chi connectivity index (χ4n) is 4.14. The predicted molar refractivity (Wildman–Crippen MR) is 94.0 cm³/mol. The molecule has 7 heteroatoms. The molecule has 3 aliphatic rings. The van der Waals surface area contributed by atoms with Crippen molar-refractivity contribution in [2.24, 2.45) is 10.9 Å². The van der Waals surface area contributed by atoms with E-state index in [9.17, 15) is 17.6 Å². The first-order chi connectivity index (χ1) is 11.9. The minimum atomic E-state index is -3.49. The molecule has 0 N–H and O–H groups in total. The van der Waals surface area contributed by atoms with E-state index in [0.29, 0.717) is 36.9 Å². The van der Waals surface area contributed by atoms with E-state index in [-0.39, 0.29) is 21.5 Å². The van der Waals surface area contributed by atoms with Crippen LogP contribution in [0.3, 0.4) is 0 Å². The van der Waals surface area contributed by atoms with Gasteiger partial charge in [-0.25, -0.2) is 12.8 Å². The number of hydrogen-bond donors (Lipinski definition) is 0. The topological polar surface area (TPSA) is 63.6 Å². The average Bonchev–Trinajstić information content (AvgIpc) is 2.55. The molecule has 1 aromatic rings. The maximum atomic E-state index is 13.6. The van der Waals surface area contributed by atoms with E-state index >= 15 is 0 Å². The van der Waals surface area contributed by atoms with E-state index in [4.69, 9.17) is 11.6 Å². The number of hydrogen-bond acceptors (Lipinski definition) is 4. The molecular weight excluding hydrogens is 365 g/mol. The van der Waals surface area contributed by atoms with Crippen LogP contribution in [0.15, 0.2) is 33.8 Å². The molecule has 25 heavy (non-hydrogen) atoms. The Morgan fingerprint density at radius 3 is 2.68 bits per heavy atom. The van der Waals surface area contributed by atoms with Crippen LogP contribution in [0.2, 0.25) is 5.02 Å². The monoisotopic (exact) mass is 381 g/mol. The van der Waals surface area contributed by atoms with Gasteiger partial charge in [0.15, 0.2) is 9.84 Å². The molecule has 1 saturated carbocycles. The Kier molecular flexibility index (Phi) is 4.07. The van der Waals surface area contributed by atoms with Gasteiger partial charge in [-0.2, -0.15) is 0 Å². The molecule has 0 aromatic heterocycles. The highest BCUT2D eigenvalue weighted by Gasteiger charge is 2.46. The van der Waals surface area contributed by atoms with E-state index in [1.807, 2.05) is 0 Å². The van der Waals surface area contributed by atoms with Gasteiger partial charge in [-0.1, -0.05) is 17.7 Å². The Bertz CT molecular complexity index is 936. The van der Waals surface area contributed by atoms with Crippen LogP contribution in [0.5, 0.6) is 0 Å². The molecule has 2 atom stereocenters. The largest absolute Gasteiger partial charge is 0.299 e. The van der Waals surface area contributed by atoms with Gasteiger partial charge in [-0.15, -0.1) is 0 Å². The fourth-order valence-corrected chi connectivity index (χ4v) is 6.24. The number of rotatable bonds is 1. The lowest BCUT2D eigenvalue weighted by Gasteiger charge is -2.38. The second-order valence-electron chi connectivity index (χ2n) is 6.79. The summed E-state index contributed by atoms with van der Waals surface area (Å²) in [5.74, 6) is -1.72. The third-order valence-corrected chi connectivity index (χ3v) is 7.48. The van der Waals surface area contributed by atoms with E-state index in [0.717, 1.165) is 12.1 Å². The number of nitrogens with zero attached hydrogens (tertiary/aromatic N) is 1. The Morgan fingerprint density at radius 2 is 1.92 bits per heavy atom. The molecule has 132 valence electrons. The number of fused-ring (bicyclic) bond motifs is 1. The minimum absolute atomic E-state index is 0.00257. The molecule has 0 bridgehead atoms. The van der Waals surface area contributed by atoms with Gasteiger partial charge < -0.3 is 0 Å². The van der Waals surface area contributed by atoms with Crippen LogP contribution >= 0.6 is 11.6 Å². The summed E-state index contributed by atoms with van der Waals surface area (Å²) in [4.78, 5) is 17.5. The standard InChI is InChI=1S/C18H17ClFNO3S/c19-11-9-10(6-7-12(11)20)16-17-13(3-1-5-15(17)22)21-14-4-2-8-25(23,24)18(14)16/h6-7,9,16-17H,1-5,8H2. The molecule has 2 aliphatic heterocycles. The van der Waals surface area contributed by atoms with Gasteiger partial charge in [0.05, 0.1) is 27.3 Å². The van der Waals surface area contributed by atoms with Crippen molar-refractivity contribution in [1.29, 1.82) is 0 Å². The van der Waals surface area contributed by atoms with Crippen LogP contribution in [0, 0.1) is 11.7 Å². The lowest BCUT2D eigenvalue weighted by atomic mass is 9.72. The number of sulfone groups is 1. The molecule has 1 aliphatic carbocycles. The van der Waals surface area contributed by atoms with Crippen molar-refractivity contribution in [2.75, 3.05) is 5.75 Å². The highest BCUT2D eigenvalue weighted by molar-refractivity contribution is 7.95. The van der Waals surface area contributed by atoms with E-state index in [1.165, 1.54) is 18.2 Å². The lowest BCUT2D eigenvalue weighted by Crippen LogP contribution is -2.40. The van der Waals surface area contributed by atoms with Crippen LogP contribution in [-0.2, 0) is 14.6 Å². The van der Waals surface area contributed by atoms with Crippen LogP contribution in [0.4, 0.5) is 4.39 Å². The first-order valence-electron chi connectivity index (χ1n) is 8.39. The molecular formula is C18H17ClFNO3S. The SMILES string of the molecule is O=C1CCCC2=NC3=C(C(c4ccc(F)c(Cl)c4)C12)S(=O)(=O)CCC3. The zero-order valence-electron chi connectivity index (χ0n) is 13.5. The maximum Gasteiger partial charge on any atom is 0.177 e. The van der Waals surface area contributed by atoms with Crippen molar-refractivity contribution in [2.45, 2.75) is 38.0 Å². The second kappa shape index (κ2) is 6.02. The zero-order chi connectivity index (χ0) is 17.8. The summed E-state index contributed by atoms with van der Waals surface area (Å²) in [5, 5.41) is -0.0693. The average molecular weight is 382 g/mol. The number of benzene rings is 1. The highest BCUT2D eigenvalue weighted by Crippen LogP contribution is 2.47. The molecule has 2 heterocycles. The molecule has 2 unspecified atom stereocenters. The van der Waals surface area contributed by atoms with Gasteiger partial charge in [-0.05, 0) is 43.4 Å². The molecule has 1 fully saturated rings. The third kappa shape index (κ3) is 2.75. The molecule has 0 amide bonds. The van der Waals surface area contributed by atoms with E-state index in [2.05, 4.69) is 4.99 Å². The van der Waals surface area contributed by atoms with Crippen molar-refractivity contribution >= 4 is 32.9 Å². The van der Waals surface area contributed by atoms with E-state index in [1.54, 1.807) is 0 Å². The lowest BCUT2D eigenvalue weighted by molar-refractivity contribution is -0.121. The summed E-state index contributed by atoms with van der Waals surface area (Å²) in [6.07, 6.45) is 2.97. The summed E-state index contributed by atoms with van der Waals surface area (Å²) in [7, 11) is -3.49. The summed E-state index contributed by atoms with van der Waals surface area (Å²) >= 11 is 5.94. The van der Waals surface area contributed by atoms with E-state index < -0.39 is 27.5 Å². The van der Waals surface area contributed by atoms with Gasteiger partial charge in [0.1, 0.15) is 11.6 Å². The van der Waals surface area contributed by atoms with Crippen molar-refractivity contribution in [1.82, 2.24) is 0 Å². The van der Waals surface area contributed by atoms with Crippen LogP contribution in [-0.4, -0.2) is 25.7 Å². The van der Waals surface area contributed by atoms with Gasteiger partial charge in [-0.3, -0.25) is 9.79 Å². The number of carbonyl (C=O) groups excluding carboxylic acids is 1. The number of ketones is 1. The summed E-state index contributed by atoms with van der Waals surface area (Å²) in [5.41, 5.74) is 1.90. The molecule has 0 saturated heterocycles. The molecule has 4 rings (SSSR count). The number of Topliss-reactive ketones (excluding diaryl/α,β-unsaturated/α-hetero) is 1. The Labute approximate surface area is 150 Å². The summed E-state index contributed by atoms with van der Waals surface area (Å²) in [6, 6.07) is 4.21. The maximum absolute atomic E-state index is 13.6. The number of allylic oxidation sites excluding steroid dienone is 2. The fraction of sp³-hybridized carbons (Fsp3) is 0.444. The Morgan fingerprint density at radius 1 is 1.12 bits per heavy atom. The minimum Gasteiger partial charge on any atom is -0.299 e. The van der Waals surface area contributed by atoms with Crippen molar-refractivity contribution < 1.29 is 17.6 Å².